The highest BCUT2D eigenvalue weighted by atomic mass is 19.1. The monoisotopic (exact) mass is 391 g/mol. The molecule has 0 fully saturated rings. The van der Waals surface area contributed by atoms with Crippen LogP contribution < -0.4 is 5.32 Å². The Hall–Kier alpha value is -3.54. The number of fused-ring (bicyclic) bond motifs is 1. The fraction of sp³-hybridized carbons (Fsp3) is 0.130. The molecule has 1 amide bonds. The minimum Gasteiger partial charge on any atom is -0.326 e. The zero-order chi connectivity index (χ0) is 20.5. The molecule has 29 heavy (non-hydrogen) atoms. The number of anilines is 1. The van der Waals surface area contributed by atoms with Gasteiger partial charge in [-0.3, -0.25) is 4.79 Å². The molecule has 0 saturated heterocycles. The van der Waals surface area contributed by atoms with Crippen LogP contribution in [0, 0.1) is 25.5 Å². The summed E-state index contributed by atoms with van der Waals surface area (Å²) in [4.78, 5) is 17.4. The summed E-state index contributed by atoms with van der Waals surface area (Å²) in [5.74, 6) is -1.01. The van der Waals surface area contributed by atoms with Crippen molar-refractivity contribution in [2.24, 2.45) is 0 Å². The van der Waals surface area contributed by atoms with E-state index in [4.69, 9.17) is 0 Å². The Balaban J connectivity index is 1.75. The van der Waals surface area contributed by atoms with Gasteiger partial charge in [0.05, 0.1) is 17.8 Å². The van der Waals surface area contributed by atoms with Gasteiger partial charge in [0.1, 0.15) is 17.3 Å². The lowest BCUT2D eigenvalue weighted by Gasteiger charge is -2.08. The second-order valence-corrected chi connectivity index (χ2v) is 7.04. The number of aryl methyl sites for hydroxylation is 2. The quantitative estimate of drug-likeness (QED) is 0.527. The van der Waals surface area contributed by atoms with Crippen molar-refractivity contribution < 1.29 is 13.6 Å². The number of benzene rings is 2. The summed E-state index contributed by atoms with van der Waals surface area (Å²) >= 11 is 0. The van der Waals surface area contributed by atoms with Crippen LogP contribution in [-0.2, 0) is 11.2 Å². The van der Waals surface area contributed by atoms with Crippen LogP contribution in [0.4, 0.5) is 14.5 Å². The van der Waals surface area contributed by atoms with Crippen LogP contribution in [-0.4, -0.2) is 15.3 Å². The van der Waals surface area contributed by atoms with Crippen LogP contribution in [0.5, 0.6) is 0 Å². The number of halogens is 2. The van der Waals surface area contributed by atoms with Crippen LogP contribution in [0.1, 0.15) is 16.8 Å². The van der Waals surface area contributed by atoms with E-state index in [9.17, 15) is 13.6 Å². The molecular weight excluding hydrogens is 372 g/mol. The van der Waals surface area contributed by atoms with Gasteiger partial charge in [-0.1, -0.05) is 12.1 Å². The highest BCUT2D eigenvalue weighted by molar-refractivity contribution is 5.93. The van der Waals surface area contributed by atoms with Gasteiger partial charge in [0.15, 0.2) is 0 Å². The lowest BCUT2D eigenvalue weighted by atomic mass is 10.1. The first kappa shape index (κ1) is 18.8. The molecule has 2 aromatic carbocycles. The highest BCUT2D eigenvalue weighted by Crippen LogP contribution is 2.27. The van der Waals surface area contributed by atoms with Crippen molar-refractivity contribution in [2.75, 3.05) is 5.32 Å². The standard InChI is InChI=1S/C23H19F2N3O/c1-14-6-9-21-27-23(16-7-8-19(25)15(2)10-16)20(28(21)13-14)12-22(29)26-18-5-3-4-17(24)11-18/h3-11,13H,12H2,1-2H3,(H,26,29). The van der Waals surface area contributed by atoms with Gasteiger partial charge >= 0.3 is 0 Å². The molecule has 0 bridgehead atoms. The van der Waals surface area contributed by atoms with E-state index >= 15 is 0 Å². The van der Waals surface area contributed by atoms with Gasteiger partial charge in [-0.25, -0.2) is 13.8 Å². The van der Waals surface area contributed by atoms with E-state index in [0.29, 0.717) is 28.3 Å². The number of nitrogens with zero attached hydrogens (tertiary/aromatic N) is 2. The second-order valence-electron chi connectivity index (χ2n) is 7.04. The molecule has 2 heterocycles. The van der Waals surface area contributed by atoms with E-state index in [1.165, 1.54) is 24.3 Å². The fourth-order valence-corrected chi connectivity index (χ4v) is 3.32. The van der Waals surface area contributed by atoms with Crippen molar-refractivity contribution in [1.82, 2.24) is 9.38 Å². The molecule has 2 aromatic heterocycles. The first-order chi connectivity index (χ1) is 13.9. The van der Waals surface area contributed by atoms with Crippen molar-refractivity contribution in [3.05, 3.63) is 89.2 Å². The summed E-state index contributed by atoms with van der Waals surface area (Å²) in [6, 6.07) is 14.3. The topological polar surface area (TPSA) is 46.4 Å². The van der Waals surface area contributed by atoms with E-state index in [-0.39, 0.29) is 18.1 Å². The maximum Gasteiger partial charge on any atom is 0.230 e. The summed E-state index contributed by atoms with van der Waals surface area (Å²) in [5, 5.41) is 2.72. The number of imidazole rings is 1. The van der Waals surface area contributed by atoms with Crippen LogP contribution >= 0.6 is 0 Å². The Labute approximate surface area is 166 Å². The van der Waals surface area contributed by atoms with E-state index in [1.54, 1.807) is 25.1 Å². The van der Waals surface area contributed by atoms with Crippen LogP contribution in [0.15, 0.2) is 60.8 Å². The fourth-order valence-electron chi connectivity index (χ4n) is 3.32. The normalized spacial score (nSPS) is 11.0. The Kier molecular flexibility index (Phi) is 4.84. The molecule has 146 valence electrons. The lowest BCUT2D eigenvalue weighted by Crippen LogP contribution is -2.16. The maximum atomic E-state index is 13.7. The van der Waals surface area contributed by atoms with Crippen molar-refractivity contribution >= 4 is 17.2 Å². The number of hydrogen-bond acceptors (Lipinski definition) is 2. The molecule has 6 heteroatoms. The molecule has 0 unspecified atom stereocenters. The molecule has 4 nitrogen and oxygen atoms in total. The average molecular weight is 391 g/mol. The predicted octanol–water partition coefficient (Wildman–Crippen LogP) is 5.08. The van der Waals surface area contributed by atoms with Gasteiger partial charge in [-0.2, -0.15) is 0 Å². The molecule has 1 N–H and O–H groups in total. The summed E-state index contributed by atoms with van der Waals surface area (Å²) in [7, 11) is 0. The molecule has 0 aliphatic carbocycles. The van der Waals surface area contributed by atoms with Gasteiger partial charge in [-0.15, -0.1) is 0 Å². The number of rotatable bonds is 4. The third-order valence-electron chi connectivity index (χ3n) is 4.73. The highest BCUT2D eigenvalue weighted by Gasteiger charge is 2.18. The number of hydrogen-bond donors (Lipinski definition) is 1. The van der Waals surface area contributed by atoms with Gasteiger partial charge in [-0.05, 0) is 67.4 Å². The molecule has 0 saturated carbocycles. The summed E-state index contributed by atoms with van der Waals surface area (Å²) in [5.41, 5.74) is 4.64. The Morgan fingerprint density at radius 3 is 2.66 bits per heavy atom. The van der Waals surface area contributed by atoms with Gasteiger partial charge in [0, 0.05) is 17.4 Å². The van der Waals surface area contributed by atoms with E-state index < -0.39 is 5.82 Å². The maximum absolute atomic E-state index is 13.7. The smallest absolute Gasteiger partial charge is 0.230 e. The van der Waals surface area contributed by atoms with Gasteiger partial charge in [0.25, 0.3) is 0 Å². The van der Waals surface area contributed by atoms with Crippen molar-refractivity contribution in [2.45, 2.75) is 20.3 Å². The molecular formula is C23H19F2N3O. The minimum atomic E-state index is -0.421. The number of nitrogens with one attached hydrogen (secondary N) is 1. The number of pyridine rings is 1. The first-order valence-electron chi connectivity index (χ1n) is 9.20. The predicted molar refractivity (Wildman–Crippen MR) is 109 cm³/mol. The van der Waals surface area contributed by atoms with Crippen molar-refractivity contribution in [1.29, 1.82) is 0 Å². The summed E-state index contributed by atoms with van der Waals surface area (Å²) in [6.45, 7) is 3.65. The van der Waals surface area contributed by atoms with E-state index in [1.807, 2.05) is 29.7 Å². The van der Waals surface area contributed by atoms with Crippen LogP contribution in [0.25, 0.3) is 16.9 Å². The Morgan fingerprint density at radius 1 is 1.07 bits per heavy atom. The molecule has 0 aliphatic rings. The number of aromatic nitrogens is 2. The van der Waals surface area contributed by atoms with Crippen LogP contribution in [0.3, 0.4) is 0 Å². The average Bonchev–Trinajstić information content (AvgIpc) is 3.01. The molecule has 4 aromatic rings. The molecule has 0 spiro atoms. The first-order valence-corrected chi connectivity index (χ1v) is 9.20. The SMILES string of the molecule is Cc1ccc2nc(-c3ccc(F)c(C)c3)c(CC(=O)Nc3cccc(F)c3)n2c1. The van der Waals surface area contributed by atoms with E-state index in [0.717, 1.165) is 11.1 Å². The summed E-state index contributed by atoms with van der Waals surface area (Å²) in [6.07, 6.45) is 1.94. The number of amides is 1. The molecule has 4 rings (SSSR count). The lowest BCUT2D eigenvalue weighted by molar-refractivity contribution is -0.115. The number of carbonyl (C=O) groups excluding carboxylic acids is 1. The third kappa shape index (κ3) is 3.87. The Morgan fingerprint density at radius 2 is 1.90 bits per heavy atom. The second kappa shape index (κ2) is 7.47. The minimum absolute atomic E-state index is 0.0346. The molecule has 0 radical (unpaired) electrons. The molecule has 0 atom stereocenters. The zero-order valence-corrected chi connectivity index (χ0v) is 16.0. The summed E-state index contributed by atoms with van der Waals surface area (Å²) < 4.78 is 29.0. The van der Waals surface area contributed by atoms with Crippen molar-refractivity contribution in [3.63, 3.8) is 0 Å². The Bertz CT molecular complexity index is 1230. The van der Waals surface area contributed by atoms with Crippen molar-refractivity contribution in [3.8, 4) is 11.3 Å². The van der Waals surface area contributed by atoms with Crippen LogP contribution in [0.2, 0.25) is 0 Å². The third-order valence-corrected chi connectivity index (χ3v) is 4.73. The largest absolute Gasteiger partial charge is 0.326 e. The zero-order valence-electron chi connectivity index (χ0n) is 16.0. The molecule has 0 aliphatic heterocycles. The van der Waals surface area contributed by atoms with E-state index in [2.05, 4.69) is 10.3 Å². The number of carbonyl (C=O) groups is 1. The van der Waals surface area contributed by atoms with Gasteiger partial charge in [0.2, 0.25) is 5.91 Å². The van der Waals surface area contributed by atoms with Gasteiger partial charge < -0.3 is 9.72 Å².